The number of rotatable bonds is 7. The molecule has 1 aliphatic rings. The molecule has 271 valence electrons. The Balaban J connectivity index is 0.00000583. The quantitative estimate of drug-likeness (QED) is 0.128. The molecular formula is C36H44AcClN5O7S. The SMILES string of the molecule is CC1CC(C(C)(C)C)C(OC(=O)c2c(-c3ccc(Cl)cc3)c(O)n3c(=O)c(C(=O)NS(=O)(=O)Nc4ccccc4)c(N)[nH]c23)C(C(C)(C)C)C1.[Ac]. The fourth-order valence-corrected chi connectivity index (χ4v) is 7.98. The van der Waals surface area contributed by atoms with Gasteiger partial charge in [-0.25, -0.2) is 13.9 Å². The molecule has 4 aromatic rings. The normalized spacial score (nSPS) is 19.6. The number of ether oxygens (including phenoxy) is 1. The summed E-state index contributed by atoms with van der Waals surface area (Å²) >= 11 is 6.15. The van der Waals surface area contributed by atoms with Gasteiger partial charge in [-0.3, -0.25) is 14.3 Å². The van der Waals surface area contributed by atoms with Gasteiger partial charge in [-0.05, 0) is 59.4 Å². The van der Waals surface area contributed by atoms with E-state index in [1.54, 1.807) is 47.2 Å². The minimum atomic E-state index is -4.51. The van der Waals surface area contributed by atoms with Gasteiger partial charge in [0.05, 0.1) is 11.3 Å². The summed E-state index contributed by atoms with van der Waals surface area (Å²) in [6.07, 6.45) is 1.17. The Hall–Kier alpha value is -3.05. The van der Waals surface area contributed by atoms with Crippen molar-refractivity contribution in [2.45, 2.75) is 67.4 Å². The van der Waals surface area contributed by atoms with Crippen LogP contribution in [-0.4, -0.2) is 40.9 Å². The Morgan fingerprint density at radius 1 is 0.961 bits per heavy atom. The second-order valence-corrected chi connectivity index (χ2v) is 17.1. The number of nitrogens with one attached hydrogen (secondary N) is 3. The van der Waals surface area contributed by atoms with Crippen LogP contribution in [0.25, 0.3) is 16.8 Å². The minimum Gasteiger partial charge on any atom is -0.494 e. The summed E-state index contributed by atoms with van der Waals surface area (Å²) in [5.41, 5.74) is 3.83. The number of hydrogen-bond acceptors (Lipinski definition) is 8. The summed E-state index contributed by atoms with van der Waals surface area (Å²) in [5, 5.41) is 12.0. The number of nitrogens with two attached hydrogens (primary N) is 1. The number of nitrogens with zero attached hydrogens (tertiary/aromatic N) is 1. The number of aromatic amines is 1. The third-order valence-electron chi connectivity index (χ3n) is 9.48. The van der Waals surface area contributed by atoms with Crippen LogP contribution in [0.4, 0.5) is 11.5 Å². The summed E-state index contributed by atoms with van der Waals surface area (Å²) in [5.74, 6) is -3.01. The maximum absolute atomic E-state index is 14.5. The molecule has 0 aliphatic heterocycles. The van der Waals surface area contributed by atoms with Crippen molar-refractivity contribution in [1.29, 1.82) is 0 Å². The zero-order chi connectivity index (χ0) is 36.9. The average molecular weight is 953 g/mol. The smallest absolute Gasteiger partial charge is 0.343 e. The van der Waals surface area contributed by atoms with E-state index >= 15 is 0 Å². The van der Waals surface area contributed by atoms with E-state index in [-0.39, 0.29) is 89.2 Å². The molecule has 2 heterocycles. The van der Waals surface area contributed by atoms with Gasteiger partial charge in [-0.1, -0.05) is 90.4 Å². The van der Waals surface area contributed by atoms with Crippen molar-refractivity contribution in [3.63, 3.8) is 0 Å². The molecule has 12 nitrogen and oxygen atoms in total. The van der Waals surface area contributed by atoms with E-state index in [2.05, 4.69) is 58.2 Å². The first-order valence-electron chi connectivity index (χ1n) is 16.4. The Labute approximate surface area is 338 Å². The van der Waals surface area contributed by atoms with Crippen molar-refractivity contribution in [3.05, 3.63) is 81.1 Å². The number of aromatic hydroxyl groups is 1. The van der Waals surface area contributed by atoms with E-state index in [4.69, 9.17) is 22.1 Å². The molecule has 1 saturated carbocycles. The number of amides is 1. The van der Waals surface area contributed by atoms with Gasteiger partial charge in [0.2, 0.25) is 5.88 Å². The van der Waals surface area contributed by atoms with Gasteiger partial charge < -0.3 is 20.6 Å². The Kier molecular flexibility index (Phi) is 12.1. The fraction of sp³-hybridized carbons (Fsp3) is 0.417. The number of halogens is 1. The first-order valence-corrected chi connectivity index (χ1v) is 18.2. The predicted molar refractivity (Wildman–Crippen MR) is 194 cm³/mol. The van der Waals surface area contributed by atoms with Gasteiger partial charge in [0.15, 0.2) is 0 Å². The minimum absolute atomic E-state index is 0. The number of benzene rings is 2. The molecule has 1 fully saturated rings. The molecule has 1 radical (unpaired) electrons. The molecule has 6 N–H and O–H groups in total. The number of nitrogen functional groups attached to an aromatic ring is 1. The van der Waals surface area contributed by atoms with E-state index < -0.39 is 51.0 Å². The molecule has 2 aromatic carbocycles. The summed E-state index contributed by atoms with van der Waals surface area (Å²) in [4.78, 5) is 44.5. The zero-order valence-electron chi connectivity index (χ0n) is 29.7. The molecule has 2 atom stereocenters. The van der Waals surface area contributed by atoms with Gasteiger partial charge in [0, 0.05) is 60.9 Å². The van der Waals surface area contributed by atoms with E-state index in [1.165, 1.54) is 12.1 Å². The van der Waals surface area contributed by atoms with Crippen LogP contribution in [0.3, 0.4) is 0 Å². The molecule has 0 bridgehead atoms. The van der Waals surface area contributed by atoms with Crippen molar-refractivity contribution in [2.75, 3.05) is 10.5 Å². The number of hydrogen-bond donors (Lipinski definition) is 5. The third-order valence-corrected chi connectivity index (χ3v) is 10.7. The molecule has 2 aromatic heterocycles. The van der Waals surface area contributed by atoms with Gasteiger partial charge in [-0.15, -0.1) is 0 Å². The number of para-hydroxylation sites is 1. The second kappa shape index (κ2) is 15.1. The standard InChI is InChI=1S/C36H44ClN5O7S.Ac/c1-19-17-23(35(2,3)4)28(24(18-19)36(5,6)7)49-34(46)26-25(20-13-15-21(37)16-14-20)32(44)42-30(26)39-29(38)27(33(42)45)31(43)41-50(47,48)40-22-11-9-8-10-12-22;/h8-16,19,23-24,28,39-40,44H,17-18,38H2,1-7H3,(H,41,43);. The Bertz CT molecular complexity index is 2080. The second-order valence-electron chi connectivity index (χ2n) is 15.3. The monoisotopic (exact) mass is 952 g/mol. The third kappa shape index (κ3) is 8.61. The number of aromatic nitrogens is 2. The van der Waals surface area contributed by atoms with Crippen LogP contribution in [0, 0.1) is 72.6 Å². The molecule has 0 spiro atoms. The van der Waals surface area contributed by atoms with E-state index in [0.717, 1.165) is 12.8 Å². The van der Waals surface area contributed by atoms with E-state index in [9.17, 15) is 27.9 Å². The van der Waals surface area contributed by atoms with Crippen LogP contribution in [0.2, 0.25) is 5.02 Å². The Morgan fingerprint density at radius 2 is 1.51 bits per heavy atom. The van der Waals surface area contributed by atoms with Crippen molar-refractivity contribution >= 4 is 50.8 Å². The maximum atomic E-state index is 14.5. The fourth-order valence-electron chi connectivity index (χ4n) is 7.01. The first-order chi connectivity index (χ1) is 23.2. The van der Waals surface area contributed by atoms with E-state index in [0.29, 0.717) is 20.9 Å². The predicted octanol–water partition coefficient (Wildman–Crippen LogP) is 6.60. The van der Waals surface area contributed by atoms with Crippen molar-refractivity contribution in [2.24, 2.45) is 28.6 Å². The maximum Gasteiger partial charge on any atom is 0.343 e. The summed E-state index contributed by atoms with van der Waals surface area (Å²) < 4.78 is 36.7. The largest absolute Gasteiger partial charge is 0.494 e. The molecule has 5 rings (SSSR count). The number of fused-ring (bicyclic) bond motifs is 1. The molecule has 1 aliphatic carbocycles. The molecular weight excluding hydrogens is 909 g/mol. The zero-order valence-corrected chi connectivity index (χ0v) is 36.0. The summed E-state index contributed by atoms with van der Waals surface area (Å²) in [6.45, 7) is 14.9. The van der Waals surface area contributed by atoms with Crippen LogP contribution in [-0.2, 0) is 14.9 Å². The Morgan fingerprint density at radius 3 is 2.04 bits per heavy atom. The molecule has 51 heavy (non-hydrogen) atoms. The number of carbonyl (C=O) groups is 2. The van der Waals surface area contributed by atoms with Gasteiger partial charge in [-0.2, -0.15) is 8.42 Å². The topological polar surface area (TPSA) is 185 Å². The number of H-pyrrole nitrogens is 1. The van der Waals surface area contributed by atoms with Crippen LogP contribution < -0.4 is 20.7 Å². The number of anilines is 2. The van der Waals surface area contributed by atoms with Crippen LogP contribution in [0.5, 0.6) is 5.88 Å². The first kappa shape index (κ1) is 40.7. The summed E-state index contributed by atoms with van der Waals surface area (Å²) in [6, 6.07) is 14.0. The average Bonchev–Trinajstić information content (AvgIpc) is 3.28. The van der Waals surface area contributed by atoms with E-state index in [1.807, 2.05) is 0 Å². The van der Waals surface area contributed by atoms with Crippen LogP contribution in [0.15, 0.2) is 59.4 Å². The number of esters is 1. The van der Waals surface area contributed by atoms with Gasteiger partial charge in [0.25, 0.3) is 11.5 Å². The van der Waals surface area contributed by atoms with Gasteiger partial charge >= 0.3 is 16.2 Å². The van der Waals surface area contributed by atoms with Gasteiger partial charge in [0.1, 0.15) is 28.7 Å². The van der Waals surface area contributed by atoms with Crippen LogP contribution >= 0.6 is 11.6 Å². The summed E-state index contributed by atoms with van der Waals surface area (Å²) in [7, 11) is -4.51. The van der Waals surface area contributed by atoms with Crippen LogP contribution in [0.1, 0.15) is 82.0 Å². The number of carbonyl (C=O) groups excluding carboxylic acids is 2. The molecule has 1 amide bonds. The molecule has 2 unspecified atom stereocenters. The molecule has 0 saturated heterocycles. The van der Waals surface area contributed by atoms with Crippen molar-refractivity contribution in [3.8, 4) is 17.0 Å². The molecule has 15 heteroatoms. The van der Waals surface area contributed by atoms with Crippen molar-refractivity contribution < 1.29 is 71.9 Å². The van der Waals surface area contributed by atoms with Crippen molar-refractivity contribution in [1.82, 2.24) is 14.1 Å².